The lowest BCUT2D eigenvalue weighted by Gasteiger charge is -2.39. The third kappa shape index (κ3) is 15.7. The van der Waals surface area contributed by atoms with Gasteiger partial charge in [0.15, 0.2) is 5.78 Å². The molecular weight excluding hydrogens is 650 g/mol. The molecule has 0 atom stereocenters. The first-order chi connectivity index (χ1) is 22.2. The molecule has 2 aromatic carbocycles. The Morgan fingerprint density at radius 1 is 0.723 bits per heavy atom. The van der Waals surface area contributed by atoms with E-state index in [1.807, 2.05) is 44.2 Å². The van der Waals surface area contributed by atoms with Crippen LogP contribution < -0.4 is 27.0 Å². The normalized spacial score (nSPS) is 11.4. The fraction of sp³-hybridized carbons (Fsp3) is 0.650. The standard InChI is InChI=1S/C40H65N3O3.BrH/c1-8-11-27-43(28-12-9-2,32-36(44)30-37-33(4)21-20-24-38(37)46-7)29-18-16-14-13-15-17-26-42(25-10-3)31-39(45)41-40-34(5)22-19-23-35(40)6;/h19-24H,8-18,25-32H2,1-7H3;1H. The van der Waals surface area contributed by atoms with E-state index in [0.29, 0.717) is 25.3 Å². The van der Waals surface area contributed by atoms with Crippen LogP contribution in [0.1, 0.15) is 114 Å². The topological polar surface area (TPSA) is 58.6 Å². The van der Waals surface area contributed by atoms with Crippen molar-refractivity contribution in [3.8, 4) is 5.75 Å². The summed E-state index contributed by atoms with van der Waals surface area (Å²) in [4.78, 5) is 28.7. The van der Waals surface area contributed by atoms with Gasteiger partial charge in [-0.15, -0.1) is 0 Å². The summed E-state index contributed by atoms with van der Waals surface area (Å²) in [7, 11) is 1.69. The number of carbonyl (C=O) groups is 2. The molecule has 0 spiro atoms. The second-order valence-electron chi connectivity index (χ2n) is 13.6. The number of ketones is 1. The first-order valence-electron chi connectivity index (χ1n) is 18.3. The molecule has 0 bridgehead atoms. The van der Waals surface area contributed by atoms with Gasteiger partial charge in [-0.3, -0.25) is 14.5 Å². The Kier molecular flexibility index (Phi) is 21.9. The molecular formula is C40H66BrN3O3. The molecule has 0 unspecified atom stereocenters. The van der Waals surface area contributed by atoms with Gasteiger partial charge in [-0.2, -0.15) is 0 Å². The van der Waals surface area contributed by atoms with Crippen LogP contribution in [0.15, 0.2) is 36.4 Å². The van der Waals surface area contributed by atoms with Crippen molar-refractivity contribution in [3.05, 3.63) is 58.7 Å². The van der Waals surface area contributed by atoms with E-state index in [4.69, 9.17) is 4.74 Å². The van der Waals surface area contributed by atoms with E-state index < -0.39 is 0 Å². The molecule has 7 heteroatoms. The fourth-order valence-electron chi connectivity index (χ4n) is 6.75. The van der Waals surface area contributed by atoms with Crippen LogP contribution in [0.3, 0.4) is 0 Å². The number of amides is 1. The van der Waals surface area contributed by atoms with E-state index in [1.54, 1.807) is 7.11 Å². The molecule has 2 rings (SSSR count). The van der Waals surface area contributed by atoms with E-state index in [1.165, 1.54) is 44.9 Å². The Morgan fingerprint density at radius 3 is 1.87 bits per heavy atom. The van der Waals surface area contributed by atoms with Gasteiger partial charge in [0.2, 0.25) is 5.91 Å². The summed E-state index contributed by atoms with van der Waals surface area (Å²) in [5.41, 5.74) is 5.34. The van der Waals surface area contributed by atoms with Crippen molar-refractivity contribution in [2.24, 2.45) is 0 Å². The highest BCUT2D eigenvalue weighted by atomic mass is 79.9. The number of para-hydroxylation sites is 1. The first kappa shape index (κ1) is 42.8. The van der Waals surface area contributed by atoms with Gasteiger partial charge >= 0.3 is 0 Å². The van der Waals surface area contributed by atoms with Crippen LogP contribution >= 0.6 is 0 Å². The number of nitrogens with one attached hydrogen (secondary N) is 1. The number of rotatable bonds is 25. The van der Waals surface area contributed by atoms with Gasteiger partial charge in [-0.1, -0.05) is 83.2 Å². The van der Waals surface area contributed by atoms with Crippen molar-refractivity contribution in [1.29, 1.82) is 0 Å². The predicted octanol–water partition coefficient (Wildman–Crippen LogP) is 5.84. The molecule has 1 N–H and O–H groups in total. The minimum absolute atomic E-state index is 0. The van der Waals surface area contributed by atoms with E-state index >= 15 is 0 Å². The fourth-order valence-corrected chi connectivity index (χ4v) is 6.75. The number of Topliss-reactive ketones (excluding diaryl/α,β-unsaturated/α-hetero) is 1. The lowest BCUT2D eigenvalue weighted by Crippen LogP contribution is -3.00. The number of methoxy groups -OCH3 is 1. The number of aryl methyl sites for hydroxylation is 3. The molecule has 6 nitrogen and oxygen atoms in total. The summed E-state index contributed by atoms with van der Waals surface area (Å²) in [6.07, 6.45) is 13.3. The molecule has 47 heavy (non-hydrogen) atoms. The average Bonchev–Trinajstić information content (AvgIpc) is 3.03. The molecule has 0 aliphatic carbocycles. The number of halogens is 1. The molecule has 0 fully saturated rings. The minimum atomic E-state index is 0. The number of unbranched alkanes of at least 4 members (excludes halogenated alkanes) is 7. The van der Waals surface area contributed by atoms with Crippen molar-refractivity contribution in [3.63, 3.8) is 0 Å². The zero-order chi connectivity index (χ0) is 33.8. The van der Waals surface area contributed by atoms with Crippen LogP contribution in [0.5, 0.6) is 5.75 Å². The molecule has 0 aliphatic heterocycles. The van der Waals surface area contributed by atoms with E-state index in [-0.39, 0.29) is 22.9 Å². The van der Waals surface area contributed by atoms with Crippen molar-refractivity contribution in [2.75, 3.05) is 58.2 Å². The molecule has 2 aromatic rings. The first-order valence-corrected chi connectivity index (χ1v) is 18.3. The van der Waals surface area contributed by atoms with Crippen molar-refractivity contribution < 1.29 is 35.8 Å². The molecule has 0 aliphatic rings. The maximum atomic E-state index is 13.6. The van der Waals surface area contributed by atoms with E-state index in [9.17, 15) is 9.59 Å². The highest BCUT2D eigenvalue weighted by Gasteiger charge is 2.29. The summed E-state index contributed by atoms with van der Waals surface area (Å²) in [5.74, 6) is 1.24. The monoisotopic (exact) mass is 715 g/mol. The average molecular weight is 717 g/mol. The summed E-state index contributed by atoms with van der Waals surface area (Å²) in [6, 6.07) is 12.2. The number of anilines is 1. The smallest absolute Gasteiger partial charge is 0.238 e. The van der Waals surface area contributed by atoms with E-state index in [0.717, 1.165) is 96.6 Å². The van der Waals surface area contributed by atoms with Crippen LogP contribution in [-0.4, -0.2) is 74.0 Å². The van der Waals surface area contributed by atoms with Gasteiger partial charge in [0.25, 0.3) is 0 Å². The van der Waals surface area contributed by atoms with Gasteiger partial charge in [0.1, 0.15) is 12.3 Å². The van der Waals surface area contributed by atoms with Gasteiger partial charge < -0.3 is 31.5 Å². The molecule has 0 radical (unpaired) electrons. The van der Waals surface area contributed by atoms with Gasteiger partial charge in [0, 0.05) is 17.7 Å². The SMILES string of the molecule is CCCC[N+](CCCC)(CCCCCCCCN(CCC)CC(=O)Nc1c(C)cccc1C)CC(=O)Cc1c(C)cccc1OC.[Br-]. The number of benzene rings is 2. The highest BCUT2D eigenvalue weighted by molar-refractivity contribution is 5.93. The van der Waals surface area contributed by atoms with Crippen molar-refractivity contribution in [2.45, 2.75) is 119 Å². The summed E-state index contributed by atoms with van der Waals surface area (Å²) < 4.78 is 6.54. The molecule has 1 amide bonds. The Bertz CT molecular complexity index is 1160. The molecule has 0 saturated carbocycles. The van der Waals surface area contributed by atoms with Crippen molar-refractivity contribution >= 4 is 17.4 Å². The minimum Gasteiger partial charge on any atom is -1.00 e. The van der Waals surface area contributed by atoms with Crippen LogP contribution in [0.2, 0.25) is 0 Å². The Balaban J connectivity index is 0.0000110. The van der Waals surface area contributed by atoms with E-state index in [2.05, 4.69) is 44.0 Å². The number of quaternary nitrogens is 1. The van der Waals surface area contributed by atoms with Crippen molar-refractivity contribution in [1.82, 2.24) is 4.90 Å². The molecule has 0 aromatic heterocycles. The third-order valence-corrected chi connectivity index (χ3v) is 9.45. The summed E-state index contributed by atoms with van der Waals surface area (Å²) in [5, 5.41) is 3.15. The second-order valence-corrected chi connectivity index (χ2v) is 13.6. The van der Waals surface area contributed by atoms with Gasteiger partial charge in [0.05, 0.1) is 33.3 Å². The maximum absolute atomic E-state index is 13.6. The molecule has 266 valence electrons. The van der Waals surface area contributed by atoms with Crippen LogP contribution in [0, 0.1) is 20.8 Å². The number of ether oxygens (including phenoxy) is 1. The number of hydrogen-bond donors (Lipinski definition) is 1. The molecule has 0 heterocycles. The van der Waals surface area contributed by atoms with Gasteiger partial charge in [-0.05, 0) is 95.1 Å². The van der Waals surface area contributed by atoms with Crippen LogP contribution in [0.4, 0.5) is 5.69 Å². The highest BCUT2D eigenvalue weighted by Crippen LogP contribution is 2.24. The lowest BCUT2D eigenvalue weighted by molar-refractivity contribution is -0.921. The maximum Gasteiger partial charge on any atom is 0.238 e. The zero-order valence-electron chi connectivity index (χ0n) is 30.9. The van der Waals surface area contributed by atoms with Crippen LogP contribution in [-0.2, 0) is 16.0 Å². The second kappa shape index (κ2) is 24.0. The quantitative estimate of drug-likeness (QED) is 0.104. The third-order valence-electron chi connectivity index (χ3n) is 9.45. The Labute approximate surface area is 298 Å². The van der Waals surface area contributed by atoms with Gasteiger partial charge in [-0.25, -0.2) is 0 Å². The number of nitrogens with zero attached hydrogens (tertiary/aromatic N) is 2. The largest absolute Gasteiger partial charge is 1.00 e. The molecule has 0 saturated heterocycles. The zero-order valence-corrected chi connectivity index (χ0v) is 32.5. The Hall–Kier alpha value is -2.22. The summed E-state index contributed by atoms with van der Waals surface area (Å²) >= 11 is 0. The van der Waals surface area contributed by atoms with Crippen LogP contribution in [0.25, 0.3) is 0 Å². The number of carbonyl (C=O) groups excluding carboxylic acids is 2. The Morgan fingerprint density at radius 2 is 1.28 bits per heavy atom. The predicted molar refractivity (Wildman–Crippen MR) is 195 cm³/mol. The lowest BCUT2D eigenvalue weighted by atomic mass is 10.0. The number of hydrogen-bond acceptors (Lipinski definition) is 4. The summed E-state index contributed by atoms with van der Waals surface area (Å²) in [6.45, 7) is 19.1.